The van der Waals surface area contributed by atoms with E-state index in [1.54, 1.807) is 7.11 Å². The van der Waals surface area contributed by atoms with E-state index < -0.39 is 0 Å². The van der Waals surface area contributed by atoms with Crippen molar-refractivity contribution in [1.29, 1.82) is 0 Å². The second-order valence-electron chi connectivity index (χ2n) is 6.73. The first-order valence-corrected chi connectivity index (χ1v) is 7.71. The Morgan fingerprint density at radius 2 is 1.88 bits per heavy atom. The predicted molar refractivity (Wildman–Crippen MR) is 101 cm³/mol. The number of benzene rings is 1. The van der Waals surface area contributed by atoms with Crippen LogP contribution in [0.25, 0.3) is 0 Å². The maximum Gasteiger partial charge on any atom is 0.258 e. The normalized spacial score (nSPS) is 13.3. The summed E-state index contributed by atoms with van der Waals surface area (Å²) in [4.78, 5) is 11.8. The van der Waals surface area contributed by atoms with Crippen LogP contribution in [-0.4, -0.2) is 31.2 Å². The molecule has 7 heteroatoms. The molecule has 1 saturated carbocycles. The van der Waals surface area contributed by atoms with Gasteiger partial charge in [0.15, 0.2) is 18.1 Å². The standard InChI is InChI=1S/C17H26N2O3.2ClH/c1-17(2,3)19-16(20)11-22-14-8-5-12(9-15(14)21-4)10-18-13-6-7-13;;/h5,8-9,13,18H,6-7,10-11H2,1-4H3,(H,19,20);2*1H. The van der Waals surface area contributed by atoms with Crippen molar-refractivity contribution in [3.05, 3.63) is 23.8 Å². The Bertz CT molecular complexity index is 529. The van der Waals surface area contributed by atoms with Crippen LogP contribution in [0, 0.1) is 0 Å². The topological polar surface area (TPSA) is 59.6 Å². The third-order valence-electron chi connectivity index (χ3n) is 3.27. The van der Waals surface area contributed by atoms with E-state index in [1.807, 2.05) is 39.0 Å². The van der Waals surface area contributed by atoms with Gasteiger partial charge in [-0.2, -0.15) is 0 Å². The van der Waals surface area contributed by atoms with Crippen molar-refractivity contribution in [2.45, 2.75) is 51.7 Å². The van der Waals surface area contributed by atoms with Crippen LogP contribution >= 0.6 is 24.8 Å². The quantitative estimate of drug-likeness (QED) is 0.765. The van der Waals surface area contributed by atoms with Crippen LogP contribution in [0.3, 0.4) is 0 Å². The SMILES string of the molecule is COc1cc(CNC2CC2)ccc1OCC(=O)NC(C)(C)C.Cl.Cl. The van der Waals surface area contributed by atoms with Crippen molar-refractivity contribution >= 4 is 30.7 Å². The average molecular weight is 379 g/mol. The van der Waals surface area contributed by atoms with Gasteiger partial charge in [0.2, 0.25) is 0 Å². The molecule has 1 fully saturated rings. The van der Waals surface area contributed by atoms with Crippen LogP contribution < -0.4 is 20.1 Å². The van der Waals surface area contributed by atoms with Gasteiger partial charge in [0.25, 0.3) is 5.91 Å². The van der Waals surface area contributed by atoms with Crippen LogP contribution in [0.2, 0.25) is 0 Å². The maximum atomic E-state index is 11.8. The van der Waals surface area contributed by atoms with E-state index in [1.165, 1.54) is 12.8 Å². The molecule has 1 aromatic rings. The van der Waals surface area contributed by atoms with Crippen LogP contribution in [-0.2, 0) is 11.3 Å². The number of carbonyl (C=O) groups is 1. The first-order valence-electron chi connectivity index (χ1n) is 7.71. The van der Waals surface area contributed by atoms with E-state index in [0.717, 1.165) is 12.1 Å². The van der Waals surface area contributed by atoms with Crippen molar-refractivity contribution in [2.75, 3.05) is 13.7 Å². The number of halogens is 2. The Kier molecular flexibility index (Phi) is 9.48. The molecule has 0 bridgehead atoms. The monoisotopic (exact) mass is 378 g/mol. The van der Waals surface area contributed by atoms with Gasteiger partial charge in [-0.3, -0.25) is 4.79 Å². The number of ether oxygens (including phenoxy) is 2. The zero-order valence-electron chi connectivity index (χ0n) is 14.7. The minimum absolute atomic E-state index is 0. The number of methoxy groups -OCH3 is 1. The fourth-order valence-corrected chi connectivity index (χ4v) is 2.09. The molecule has 1 amide bonds. The number of rotatable bonds is 7. The van der Waals surface area contributed by atoms with Gasteiger partial charge in [-0.1, -0.05) is 6.07 Å². The first kappa shape index (κ1) is 22.8. The van der Waals surface area contributed by atoms with Crippen LogP contribution in [0.4, 0.5) is 0 Å². The highest BCUT2D eigenvalue weighted by molar-refractivity contribution is 5.85. The Morgan fingerprint density at radius 3 is 2.42 bits per heavy atom. The molecule has 1 aromatic carbocycles. The van der Waals surface area contributed by atoms with Gasteiger partial charge in [0.05, 0.1) is 7.11 Å². The maximum absolute atomic E-state index is 11.8. The lowest BCUT2D eigenvalue weighted by molar-refractivity contribution is -0.124. The summed E-state index contributed by atoms with van der Waals surface area (Å²) in [6.45, 7) is 6.62. The average Bonchev–Trinajstić information content (AvgIpc) is 3.25. The fourth-order valence-electron chi connectivity index (χ4n) is 2.09. The molecule has 0 heterocycles. The molecule has 2 rings (SSSR count). The lowest BCUT2D eigenvalue weighted by Gasteiger charge is -2.20. The minimum Gasteiger partial charge on any atom is -0.493 e. The number of carbonyl (C=O) groups excluding carboxylic acids is 1. The molecule has 0 radical (unpaired) electrons. The van der Waals surface area contributed by atoms with E-state index in [4.69, 9.17) is 9.47 Å². The van der Waals surface area contributed by atoms with Crippen LogP contribution in [0.1, 0.15) is 39.2 Å². The van der Waals surface area contributed by atoms with Gasteiger partial charge in [0.1, 0.15) is 0 Å². The molecule has 0 aliphatic heterocycles. The third-order valence-corrected chi connectivity index (χ3v) is 3.27. The number of hydrogen-bond donors (Lipinski definition) is 2. The molecule has 0 atom stereocenters. The number of hydrogen-bond acceptors (Lipinski definition) is 4. The Balaban J connectivity index is 0.00000264. The van der Waals surface area contributed by atoms with Crippen molar-refractivity contribution in [2.24, 2.45) is 0 Å². The summed E-state index contributed by atoms with van der Waals surface area (Å²) in [6, 6.07) is 6.47. The summed E-state index contributed by atoms with van der Waals surface area (Å²) in [5.74, 6) is 1.09. The second kappa shape index (κ2) is 9.97. The highest BCUT2D eigenvalue weighted by Gasteiger charge is 2.20. The molecule has 138 valence electrons. The lowest BCUT2D eigenvalue weighted by Crippen LogP contribution is -2.43. The Labute approximate surface area is 156 Å². The van der Waals surface area contributed by atoms with Gasteiger partial charge in [-0.15, -0.1) is 24.8 Å². The summed E-state index contributed by atoms with van der Waals surface area (Å²) >= 11 is 0. The summed E-state index contributed by atoms with van der Waals surface area (Å²) < 4.78 is 10.9. The zero-order chi connectivity index (χ0) is 16.2. The molecular formula is C17H28Cl2N2O3. The number of amides is 1. The van der Waals surface area contributed by atoms with Crippen molar-refractivity contribution in [3.63, 3.8) is 0 Å². The van der Waals surface area contributed by atoms with Gasteiger partial charge >= 0.3 is 0 Å². The summed E-state index contributed by atoms with van der Waals surface area (Å²) in [5.41, 5.74) is 0.887. The van der Waals surface area contributed by atoms with Crippen molar-refractivity contribution in [3.8, 4) is 11.5 Å². The summed E-state index contributed by atoms with van der Waals surface area (Å²) in [5, 5.41) is 6.32. The van der Waals surface area contributed by atoms with E-state index in [2.05, 4.69) is 10.6 Å². The first-order chi connectivity index (χ1) is 10.4. The minimum atomic E-state index is -0.261. The van der Waals surface area contributed by atoms with Crippen molar-refractivity contribution in [1.82, 2.24) is 10.6 Å². The third kappa shape index (κ3) is 8.08. The highest BCUT2D eigenvalue weighted by atomic mass is 35.5. The Hall–Kier alpha value is -1.17. The van der Waals surface area contributed by atoms with Crippen LogP contribution in [0.15, 0.2) is 18.2 Å². The van der Waals surface area contributed by atoms with E-state index in [9.17, 15) is 4.79 Å². The molecular weight excluding hydrogens is 351 g/mol. The van der Waals surface area contributed by atoms with Gasteiger partial charge in [-0.25, -0.2) is 0 Å². The zero-order valence-corrected chi connectivity index (χ0v) is 16.3. The van der Waals surface area contributed by atoms with Gasteiger partial charge in [-0.05, 0) is 51.3 Å². The fraction of sp³-hybridized carbons (Fsp3) is 0.588. The van der Waals surface area contributed by atoms with Gasteiger partial charge in [0, 0.05) is 18.1 Å². The highest BCUT2D eigenvalue weighted by Crippen LogP contribution is 2.28. The molecule has 0 saturated heterocycles. The molecule has 1 aliphatic rings. The molecule has 1 aliphatic carbocycles. The molecule has 0 aromatic heterocycles. The molecule has 0 spiro atoms. The molecule has 0 unspecified atom stereocenters. The molecule has 5 nitrogen and oxygen atoms in total. The lowest BCUT2D eigenvalue weighted by atomic mass is 10.1. The second-order valence-corrected chi connectivity index (χ2v) is 6.73. The van der Waals surface area contributed by atoms with Crippen molar-refractivity contribution < 1.29 is 14.3 Å². The Morgan fingerprint density at radius 1 is 1.21 bits per heavy atom. The van der Waals surface area contributed by atoms with Gasteiger partial charge < -0.3 is 20.1 Å². The molecule has 24 heavy (non-hydrogen) atoms. The molecule has 2 N–H and O–H groups in total. The van der Waals surface area contributed by atoms with Crippen LogP contribution in [0.5, 0.6) is 11.5 Å². The van der Waals surface area contributed by atoms with E-state index in [0.29, 0.717) is 17.5 Å². The number of nitrogens with one attached hydrogen (secondary N) is 2. The smallest absolute Gasteiger partial charge is 0.258 e. The largest absolute Gasteiger partial charge is 0.493 e. The summed E-state index contributed by atoms with van der Waals surface area (Å²) in [6.07, 6.45) is 2.53. The predicted octanol–water partition coefficient (Wildman–Crippen LogP) is 3.08. The van der Waals surface area contributed by atoms with E-state index in [-0.39, 0.29) is 42.9 Å². The summed E-state index contributed by atoms with van der Waals surface area (Å²) in [7, 11) is 1.61. The van der Waals surface area contributed by atoms with E-state index >= 15 is 0 Å².